The highest BCUT2D eigenvalue weighted by atomic mass is 15.4. The fourth-order valence-corrected chi connectivity index (χ4v) is 6.66. The summed E-state index contributed by atoms with van der Waals surface area (Å²) in [5.41, 5.74) is 3.57. The maximum atomic E-state index is 5.05. The van der Waals surface area contributed by atoms with E-state index in [1.165, 1.54) is 44.1 Å². The fourth-order valence-electron chi connectivity index (χ4n) is 6.66. The van der Waals surface area contributed by atoms with Crippen molar-refractivity contribution in [3.05, 3.63) is 47.4 Å². The lowest BCUT2D eigenvalue weighted by atomic mass is 9.49. The van der Waals surface area contributed by atoms with Crippen LogP contribution in [0.25, 0.3) is 5.78 Å². The van der Waals surface area contributed by atoms with Crippen LogP contribution in [0.4, 0.5) is 11.5 Å². The molecule has 0 unspecified atom stereocenters. The zero-order chi connectivity index (χ0) is 19.6. The molecule has 4 saturated carbocycles. The Kier molecular flexibility index (Phi) is 3.78. The summed E-state index contributed by atoms with van der Waals surface area (Å²) in [6.45, 7) is 4.21. The number of benzene rings is 1. The Morgan fingerprint density at radius 1 is 1.00 bits per heavy atom. The molecule has 0 radical (unpaired) electrons. The first-order valence-electron chi connectivity index (χ1n) is 11.2. The monoisotopic (exact) mass is 387 g/mol. The molecule has 5 nitrogen and oxygen atoms in total. The molecular formula is C24H29N5. The highest BCUT2D eigenvalue weighted by Gasteiger charge is 2.53. The van der Waals surface area contributed by atoms with Crippen LogP contribution in [0, 0.1) is 24.7 Å². The normalized spacial score (nSPS) is 30.2. The van der Waals surface area contributed by atoms with E-state index in [0.29, 0.717) is 0 Å². The largest absolute Gasteiger partial charge is 0.340 e. The maximum Gasteiger partial charge on any atom is 0.254 e. The first kappa shape index (κ1) is 17.4. The second kappa shape index (κ2) is 6.28. The lowest BCUT2D eigenvalue weighted by molar-refractivity contribution is -0.00925. The molecule has 4 bridgehead atoms. The quantitative estimate of drug-likeness (QED) is 0.668. The molecule has 1 N–H and O–H groups in total. The Hall–Kier alpha value is -2.43. The molecule has 150 valence electrons. The molecule has 0 saturated heterocycles. The molecular weight excluding hydrogens is 358 g/mol. The van der Waals surface area contributed by atoms with Gasteiger partial charge in [0.25, 0.3) is 5.78 Å². The van der Waals surface area contributed by atoms with Crippen molar-refractivity contribution in [1.82, 2.24) is 19.6 Å². The Labute approximate surface area is 172 Å². The molecule has 5 heteroatoms. The van der Waals surface area contributed by atoms with Gasteiger partial charge >= 0.3 is 0 Å². The van der Waals surface area contributed by atoms with E-state index in [0.717, 1.165) is 53.0 Å². The van der Waals surface area contributed by atoms with Crippen molar-refractivity contribution in [3.8, 4) is 0 Å². The van der Waals surface area contributed by atoms with Crippen LogP contribution in [0.1, 0.15) is 62.5 Å². The van der Waals surface area contributed by atoms with Gasteiger partial charge in [0.15, 0.2) is 5.82 Å². The first-order chi connectivity index (χ1) is 14.1. The van der Waals surface area contributed by atoms with E-state index >= 15 is 0 Å². The van der Waals surface area contributed by atoms with Gasteiger partial charge in [0.1, 0.15) is 5.82 Å². The van der Waals surface area contributed by atoms with Gasteiger partial charge in [-0.2, -0.15) is 9.50 Å². The zero-order valence-electron chi connectivity index (χ0n) is 17.4. The molecule has 0 amide bonds. The van der Waals surface area contributed by atoms with Gasteiger partial charge < -0.3 is 5.32 Å². The van der Waals surface area contributed by atoms with Crippen molar-refractivity contribution in [2.75, 3.05) is 5.32 Å². The fraction of sp³-hybridized carbons (Fsp3) is 0.542. The van der Waals surface area contributed by atoms with E-state index in [9.17, 15) is 0 Å². The predicted octanol–water partition coefficient (Wildman–Crippen LogP) is 5.21. The number of nitrogens with one attached hydrogen (secondary N) is 1. The summed E-state index contributed by atoms with van der Waals surface area (Å²) in [5.74, 6) is 5.37. The summed E-state index contributed by atoms with van der Waals surface area (Å²) in [7, 11) is 0. The minimum atomic E-state index is 0.191. The summed E-state index contributed by atoms with van der Waals surface area (Å²) in [6, 6.07) is 10.7. The molecule has 2 heterocycles. The molecule has 0 atom stereocenters. The van der Waals surface area contributed by atoms with E-state index < -0.39 is 0 Å². The topological polar surface area (TPSA) is 55.1 Å². The number of rotatable bonds is 4. The number of hydrogen-bond donors (Lipinski definition) is 1. The molecule has 2 aromatic heterocycles. The Morgan fingerprint density at radius 3 is 2.28 bits per heavy atom. The van der Waals surface area contributed by atoms with E-state index in [2.05, 4.69) is 42.6 Å². The minimum Gasteiger partial charge on any atom is -0.340 e. The van der Waals surface area contributed by atoms with Crippen molar-refractivity contribution in [1.29, 1.82) is 0 Å². The lowest BCUT2D eigenvalue weighted by Crippen LogP contribution is -2.49. The lowest BCUT2D eigenvalue weighted by Gasteiger charge is -2.55. The predicted molar refractivity (Wildman–Crippen MR) is 114 cm³/mol. The molecule has 3 aromatic rings. The summed E-state index contributed by atoms with van der Waals surface area (Å²) in [6.07, 6.45) is 9.18. The third-order valence-electron chi connectivity index (χ3n) is 7.59. The van der Waals surface area contributed by atoms with Crippen LogP contribution in [-0.4, -0.2) is 19.6 Å². The maximum absolute atomic E-state index is 5.05. The third-order valence-corrected chi connectivity index (χ3v) is 7.59. The average Bonchev–Trinajstić information content (AvgIpc) is 3.13. The molecule has 4 fully saturated rings. The van der Waals surface area contributed by atoms with Crippen molar-refractivity contribution < 1.29 is 0 Å². The average molecular weight is 388 g/mol. The number of anilines is 2. The number of aromatic nitrogens is 4. The summed E-state index contributed by atoms with van der Waals surface area (Å²) < 4.78 is 1.93. The smallest absolute Gasteiger partial charge is 0.254 e. The van der Waals surface area contributed by atoms with Gasteiger partial charge in [-0.05, 0) is 87.3 Å². The van der Waals surface area contributed by atoms with Crippen LogP contribution in [-0.2, 0) is 11.8 Å². The van der Waals surface area contributed by atoms with Gasteiger partial charge in [0.05, 0.1) is 0 Å². The second-order valence-corrected chi connectivity index (χ2v) is 9.80. The van der Waals surface area contributed by atoms with Gasteiger partial charge in [-0.15, -0.1) is 5.10 Å². The zero-order valence-corrected chi connectivity index (χ0v) is 17.4. The summed E-state index contributed by atoms with van der Waals surface area (Å²) >= 11 is 0. The first-order valence-corrected chi connectivity index (χ1v) is 11.2. The van der Waals surface area contributed by atoms with E-state index in [1.807, 2.05) is 11.4 Å². The molecule has 4 aliphatic rings. The highest BCUT2D eigenvalue weighted by Crippen LogP contribution is 2.60. The molecule has 0 aliphatic heterocycles. The SMILES string of the molecule is CCc1ccc(Nc2cc(C)nc3nc(C45CC6CC(CC(C6)C4)C5)nn23)cc1. The van der Waals surface area contributed by atoms with Gasteiger partial charge in [-0.1, -0.05) is 19.1 Å². The van der Waals surface area contributed by atoms with Gasteiger partial charge in [-0.3, -0.25) is 0 Å². The Morgan fingerprint density at radius 2 is 1.66 bits per heavy atom. The van der Waals surface area contributed by atoms with Gasteiger partial charge in [0, 0.05) is 22.9 Å². The van der Waals surface area contributed by atoms with Crippen molar-refractivity contribution >= 4 is 17.3 Å². The third kappa shape index (κ3) is 2.85. The van der Waals surface area contributed by atoms with Crippen molar-refractivity contribution in [2.45, 2.75) is 64.2 Å². The van der Waals surface area contributed by atoms with Crippen molar-refractivity contribution in [3.63, 3.8) is 0 Å². The van der Waals surface area contributed by atoms with Crippen LogP contribution < -0.4 is 5.32 Å². The standard InChI is InChI=1S/C24H29N5/c1-3-16-4-6-20(7-5-16)26-21-8-15(2)25-23-27-22(28-29(21)23)24-12-17-9-18(13-24)11-19(10-17)14-24/h4-8,17-19,26H,3,9-14H2,1-2H3. The van der Waals surface area contributed by atoms with Crippen molar-refractivity contribution in [2.24, 2.45) is 17.8 Å². The van der Waals surface area contributed by atoms with E-state index in [-0.39, 0.29) is 5.41 Å². The number of hydrogen-bond acceptors (Lipinski definition) is 4. The van der Waals surface area contributed by atoms with E-state index in [4.69, 9.17) is 15.1 Å². The van der Waals surface area contributed by atoms with Gasteiger partial charge in [0.2, 0.25) is 0 Å². The minimum absolute atomic E-state index is 0.191. The summed E-state index contributed by atoms with van der Waals surface area (Å²) in [5, 5.41) is 8.60. The Bertz CT molecular complexity index is 1030. The highest BCUT2D eigenvalue weighted by molar-refractivity contribution is 5.59. The van der Waals surface area contributed by atoms with E-state index in [1.54, 1.807) is 0 Å². The number of aryl methyl sites for hydroxylation is 2. The molecule has 4 aliphatic carbocycles. The molecule has 1 aromatic carbocycles. The van der Waals surface area contributed by atoms with Gasteiger partial charge in [-0.25, -0.2) is 4.98 Å². The Balaban J connectivity index is 1.39. The van der Waals surface area contributed by atoms with Crippen LogP contribution in [0.15, 0.2) is 30.3 Å². The molecule has 0 spiro atoms. The second-order valence-electron chi connectivity index (χ2n) is 9.80. The number of nitrogens with zero attached hydrogens (tertiary/aromatic N) is 4. The summed E-state index contributed by atoms with van der Waals surface area (Å²) in [4.78, 5) is 9.70. The molecule has 7 rings (SSSR count). The molecule has 29 heavy (non-hydrogen) atoms. The van der Waals surface area contributed by atoms with Crippen LogP contribution >= 0.6 is 0 Å². The van der Waals surface area contributed by atoms with Crippen LogP contribution in [0.5, 0.6) is 0 Å². The van der Waals surface area contributed by atoms with Crippen LogP contribution in [0.3, 0.4) is 0 Å². The number of fused-ring (bicyclic) bond motifs is 1. The van der Waals surface area contributed by atoms with Crippen LogP contribution in [0.2, 0.25) is 0 Å².